The quantitative estimate of drug-likeness (QED) is 0.846. The number of ether oxygens (including phenoxy) is 1. The number of aromatic nitrogens is 4. The largest absolute Gasteiger partial charge is 0.376 e. The van der Waals surface area contributed by atoms with Crippen LogP contribution in [0.1, 0.15) is 31.5 Å². The normalized spacial score (nSPS) is 26.1. The predicted octanol–water partition coefficient (Wildman–Crippen LogP) is 0.0631. The Morgan fingerprint density at radius 2 is 2.35 bits per heavy atom. The molecule has 1 N–H and O–H groups in total. The van der Waals surface area contributed by atoms with Crippen molar-refractivity contribution in [3.05, 3.63) is 5.82 Å². The van der Waals surface area contributed by atoms with Gasteiger partial charge >= 0.3 is 6.03 Å². The number of carbonyl (C=O) groups is 1. The number of urea groups is 1. The molecule has 2 amide bonds. The van der Waals surface area contributed by atoms with Crippen molar-refractivity contribution in [1.82, 2.24) is 30.4 Å². The third-order valence-electron chi connectivity index (χ3n) is 3.90. The van der Waals surface area contributed by atoms with Crippen LogP contribution in [0.2, 0.25) is 0 Å². The Morgan fingerprint density at radius 1 is 1.45 bits per heavy atom. The zero-order valence-corrected chi connectivity index (χ0v) is 11.7. The molecule has 110 valence electrons. The molecule has 8 nitrogen and oxygen atoms in total. The second kappa shape index (κ2) is 5.74. The first kappa shape index (κ1) is 13.3. The average molecular weight is 280 g/mol. The molecule has 0 spiro atoms. The lowest BCUT2D eigenvalue weighted by Crippen LogP contribution is -2.47. The number of amides is 2. The van der Waals surface area contributed by atoms with Crippen molar-refractivity contribution >= 4 is 6.03 Å². The van der Waals surface area contributed by atoms with Gasteiger partial charge in [-0.15, -0.1) is 10.2 Å². The molecule has 2 saturated heterocycles. The number of rotatable bonds is 3. The molecule has 0 saturated carbocycles. The van der Waals surface area contributed by atoms with E-state index in [9.17, 15) is 4.79 Å². The molecule has 0 unspecified atom stereocenters. The van der Waals surface area contributed by atoms with Crippen molar-refractivity contribution < 1.29 is 9.53 Å². The fourth-order valence-electron chi connectivity index (χ4n) is 2.99. The molecule has 2 fully saturated rings. The van der Waals surface area contributed by atoms with E-state index >= 15 is 0 Å². The molecule has 20 heavy (non-hydrogen) atoms. The number of nitrogens with zero attached hydrogens (tertiary/aromatic N) is 5. The number of likely N-dealkylation sites (tertiary alicyclic amines) is 1. The van der Waals surface area contributed by atoms with E-state index in [1.807, 2.05) is 4.90 Å². The first-order valence-electron chi connectivity index (χ1n) is 7.13. The summed E-state index contributed by atoms with van der Waals surface area (Å²) in [5.74, 6) is 0.522. The summed E-state index contributed by atoms with van der Waals surface area (Å²) in [6.07, 6.45) is 4.43. The zero-order chi connectivity index (χ0) is 13.9. The van der Waals surface area contributed by atoms with Crippen molar-refractivity contribution in [3.63, 3.8) is 0 Å². The van der Waals surface area contributed by atoms with Crippen LogP contribution < -0.4 is 5.32 Å². The molecule has 3 heterocycles. The van der Waals surface area contributed by atoms with Gasteiger partial charge in [0.25, 0.3) is 0 Å². The van der Waals surface area contributed by atoms with E-state index in [0.29, 0.717) is 12.4 Å². The fraction of sp³-hybridized carbons (Fsp3) is 0.833. The van der Waals surface area contributed by atoms with Gasteiger partial charge in [-0.3, -0.25) is 0 Å². The molecule has 2 aliphatic rings. The van der Waals surface area contributed by atoms with Gasteiger partial charge in [-0.25, -0.2) is 4.79 Å². The van der Waals surface area contributed by atoms with Gasteiger partial charge in [0.15, 0.2) is 5.82 Å². The van der Waals surface area contributed by atoms with Crippen LogP contribution in [0, 0.1) is 0 Å². The zero-order valence-electron chi connectivity index (χ0n) is 11.7. The van der Waals surface area contributed by atoms with Crippen molar-refractivity contribution in [1.29, 1.82) is 0 Å². The molecule has 0 radical (unpaired) electrons. The van der Waals surface area contributed by atoms with E-state index in [-0.39, 0.29) is 18.2 Å². The van der Waals surface area contributed by atoms with Gasteiger partial charge in [0.1, 0.15) is 0 Å². The third kappa shape index (κ3) is 2.74. The fourth-order valence-corrected chi connectivity index (χ4v) is 2.99. The van der Waals surface area contributed by atoms with E-state index < -0.39 is 0 Å². The predicted molar refractivity (Wildman–Crippen MR) is 69.7 cm³/mol. The lowest BCUT2D eigenvalue weighted by atomic mass is 10.1. The molecule has 0 aliphatic carbocycles. The highest BCUT2D eigenvalue weighted by atomic mass is 16.5. The van der Waals surface area contributed by atoms with Crippen LogP contribution in [-0.2, 0) is 18.3 Å². The van der Waals surface area contributed by atoms with Gasteiger partial charge in [-0.1, -0.05) is 0 Å². The highest BCUT2D eigenvalue weighted by molar-refractivity contribution is 5.74. The SMILES string of the molecule is Cn1nnc(CNC(=O)N2CCC[C@@H]2[C@@H]2CCCO2)n1. The van der Waals surface area contributed by atoms with Crippen molar-refractivity contribution in [3.8, 4) is 0 Å². The molecule has 3 rings (SSSR count). The number of tetrazole rings is 1. The van der Waals surface area contributed by atoms with E-state index in [1.165, 1.54) is 4.80 Å². The van der Waals surface area contributed by atoms with E-state index in [2.05, 4.69) is 20.7 Å². The molecule has 1 aromatic heterocycles. The summed E-state index contributed by atoms with van der Waals surface area (Å²) >= 11 is 0. The highest BCUT2D eigenvalue weighted by Crippen LogP contribution is 2.27. The minimum absolute atomic E-state index is 0.0598. The Morgan fingerprint density at radius 3 is 3.05 bits per heavy atom. The lowest BCUT2D eigenvalue weighted by molar-refractivity contribution is 0.0520. The van der Waals surface area contributed by atoms with Crippen molar-refractivity contribution in [2.24, 2.45) is 7.05 Å². The Labute approximate surface area is 117 Å². The highest BCUT2D eigenvalue weighted by Gasteiger charge is 2.36. The monoisotopic (exact) mass is 280 g/mol. The Kier molecular flexibility index (Phi) is 3.81. The molecule has 0 aromatic carbocycles. The van der Waals surface area contributed by atoms with Gasteiger partial charge < -0.3 is 15.0 Å². The Bertz CT molecular complexity index is 470. The summed E-state index contributed by atoms with van der Waals surface area (Å²) in [4.78, 5) is 15.5. The molecule has 8 heteroatoms. The number of nitrogens with one attached hydrogen (secondary N) is 1. The summed E-state index contributed by atoms with van der Waals surface area (Å²) in [5.41, 5.74) is 0. The van der Waals surface area contributed by atoms with Gasteiger partial charge in [-0.05, 0) is 30.9 Å². The summed E-state index contributed by atoms with van der Waals surface area (Å²) in [7, 11) is 1.70. The Hall–Kier alpha value is -1.70. The maximum Gasteiger partial charge on any atom is 0.318 e. The summed E-state index contributed by atoms with van der Waals surface area (Å²) in [6.45, 7) is 1.92. The van der Waals surface area contributed by atoms with Gasteiger partial charge in [-0.2, -0.15) is 4.80 Å². The molecule has 2 aliphatic heterocycles. The van der Waals surface area contributed by atoms with E-state index in [1.54, 1.807) is 7.05 Å². The van der Waals surface area contributed by atoms with Crippen LogP contribution in [0.5, 0.6) is 0 Å². The maximum atomic E-state index is 12.3. The van der Waals surface area contributed by atoms with Crippen LogP contribution in [0.4, 0.5) is 4.79 Å². The number of hydrogen-bond donors (Lipinski definition) is 1. The number of aryl methyl sites for hydroxylation is 1. The molecular weight excluding hydrogens is 260 g/mol. The summed E-state index contributed by atoms with van der Waals surface area (Å²) in [5, 5.41) is 14.5. The maximum absolute atomic E-state index is 12.3. The van der Waals surface area contributed by atoms with Crippen LogP contribution in [-0.4, -0.2) is 56.4 Å². The van der Waals surface area contributed by atoms with Crippen molar-refractivity contribution in [2.45, 2.75) is 44.4 Å². The number of carbonyl (C=O) groups excluding carboxylic acids is 1. The smallest absolute Gasteiger partial charge is 0.318 e. The van der Waals surface area contributed by atoms with Crippen LogP contribution in [0.15, 0.2) is 0 Å². The third-order valence-corrected chi connectivity index (χ3v) is 3.90. The average Bonchev–Trinajstić information content (AvgIpc) is 3.16. The number of hydrogen-bond acceptors (Lipinski definition) is 5. The summed E-state index contributed by atoms with van der Waals surface area (Å²) < 4.78 is 5.72. The van der Waals surface area contributed by atoms with Crippen LogP contribution in [0.3, 0.4) is 0 Å². The minimum Gasteiger partial charge on any atom is -0.376 e. The molecular formula is C12H20N6O2. The van der Waals surface area contributed by atoms with Crippen LogP contribution in [0.25, 0.3) is 0 Å². The summed E-state index contributed by atoms with van der Waals surface area (Å²) in [6, 6.07) is 0.155. The van der Waals surface area contributed by atoms with E-state index in [0.717, 1.165) is 38.8 Å². The molecule has 2 atom stereocenters. The first-order valence-corrected chi connectivity index (χ1v) is 7.13. The topological polar surface area (TPSA) is 85.2 Å². The minimum atomic E-state index is -0.0598. The second-order valence-corrected chi connectivity index (χ2v) is 5.31. The van der Waals surface area contributed by atoms with E-state index in [4.69, 9.17) is 4.74 Å². The molecule has 0 bridgehead atoms. The lowest BCUT2D eigenvalue weighted by Gasteiger charge is -2.28. The van der Waals surface area contributed by atoms with Crippen molar-refractivity contribution in [2.75, 3.05) is 13.2 Å². The van der Waals surface area contributed by atoms with Gasteiger partial charge in [0.2, 0.25) is 0 Å². The van der Waals surface area contributed by atoms with Crippen LogP contribution >= 0.6 is 0 Å². The Balaban J connectivity index is 1.55. The molecule has 1 aromatic rings. The van der Waals surface area contributed by atoms with Gasteiger partial charge in [0, 0.05) is 13.2 Å². The first-order chi connectivity index (χ1) is 9.74. The second-order valence-electron chi connectivity index (χ2n) is 5.31. The van der Waals surface area contributed by atoms with Gasteiger partial charge in [0.05, 0.1) is 25.7 Å². The standard InChI is InChI=1S/C12H20N6O2/c1-17-15-11(14-16-17)8-13-12(19)18-6-2-4-9(18)10-5-3-7-20-10/h9-10H,2-8H2,1H3,(H,13,19)/t9-,10+/m1/s1.